The van der Waals surface area contributed by atoms with Crippen molar-refractivity contribution in [3.63, 3.8) is 0 Å². The molecule has 3 aromatic carbocycles. The summed E-state index contributed by atoms with van der Waals surface area (Å²) in [6.07, 6.45) is 1.60. The molecule has 0 radical (unpaired) electrons. The number of halogens is 1. The third kappa shape index (κ3) is 8.26. The number of anilines is 1. The van der Waals surface area contributed by atoms with Gasteiger partial charge in [-0.1, -0.05) is 73.5 Å². The van der Waals surface area contributed by atoms with Crippen LogP contribution in [-0.4, -0.2) is 57.4 Å². The second kappa shape index (κ2) is 15.1. The van der Waals surface area contributed by atoms with Gasteiger partial charge < -0.3 is 15.0 Å². The van der Waals surface area contributed by atoms with Crippen molar-refractivity contribution in [2.45, 2.75) is 63.9 Å². The number of benzene rings is 3. The highest BCUT2D eigenvalue weighted by molar-refractivity contribution is 7.92. The number of rotatable bonds is 14. The molecule has 0 aliphatic heterocycles. The summed E-state index contributed by atoms with van der Waals surface area (Å²) in [5, 5.41) is 3.19. The maximum Gasteiger partial charge on any atom is 0.264 e. The van der Waals surface area contributed by atoms with Crippen LogP contribution in [0.4, 0.5) is 5.69 Å². The Balaban J connectivity index is 2.04. The average Bonchev–Trinajstić information content (AvgIpc) is 2.98. The highest BCUT2D eigenvalue weighted by Gasteiger charge is 2.34. The number of amides is 2. The maximum absolute atomic E-state index is 14.1. The highest BCUT2D eigenvalue weighted by Crippen LogP contribution is 2.32. The zero-order valence-corrected chi connectivity index (χ0v) is 26.4. The third-order valence-corrected chi connectivity index (χ3v) is 9.27. The largest absolute Gasteiger partial charge is 0.495 e. The summed E-state index contributed by atoms with van der Waals surface area (Å²) in [7, 11) is -2.73. The van der Waals surface area contributed by atoms with Crippen LogP contribution in [0.1, 0.15) is 44.7 Å². The first-order chi connectivity index (χ1) is 20.0. The number of carbonyl (C=O) groups excluding carboxylic acids is 2. The molecule has 0 aromatic heterocycles. The first-order valence-corrected chi connectivity index (χ1v) is 15.9. The molecule has 2 atom stereocenters. The van der Waals surface area contributed by atoms with Gasteiger partial charge in [0.1, 0.15) is 18.3 Å². The van der Waals surface area contributed by atoms with Crippen molar-refractivity contribution in [2.75, 3.05) is 24.5 Å². The van der Waals surface area contributed by atoms with Crippen LogP contribution in [0.2, 0.25) is 5.02 Å². The van der Waals surface area contributed by atoms with Crippen LogP contribution in [0.5, 0.6) is 5.75 Å². The Morgan fingerprint density at radius 3 is 2.21 bits per heavy atom. The van der Waals surface area contributed by atoms with E-state index < -0.39 is 28.5 Å². The van der Waals surface area contributed by atoms with Gasteiger partial charge in [-0.25, -0.2) is 8.42 Å². The third-order valence-electron chi connectivity index (χ3n) is 7.18. The van der Waals surface area contributed by atoms with Gasteiger partial charge in [0, 0.05) is 12.6 Å². The lowest BCUT2D eigenvalue weighted by atomic mass is 10.1. The maximum atomic E-state index is 14.1. The minimum Gasteiger partial charge on any atom is -0.495 e. The second-order valence-corrected chi connectivity index (χ2v) is 12.5. The molecule has 0 bridgehead atoms. The molecular weight excluding hydrogens is 574 g/mol. The van der Waals surface area contributed by atoms with E-state index in [1.54, 1.807) is 24.3 Å². The Bertz CT molecular complexity index is 1450. The lowest BCUT2D eigenvalue weighted by molar-refractivity contribution is -0.139. The number of nitrogens with one attached hydrogen (secondary N) is 1. The van der Waals surface area contributed by atoms with Gasteiger partial charge in [-0.3, -0.25) is 13.9 Å². The Hall–Kier alpha value is -3.56. The summed E-state index contributed by atoms with van der Waals surface area (Å²) < 4.78 is 34.3. The minimum absolute atomic E-state index is 0.0326. The number of nitrogens with zero attached hydrogens (tertiary/aromatic N) is 2. The zero-order valence-electron chi connectivity index (χ0n) is 24.8. The molecular formula is C32H40ClN3O5S. The van der Waals surface area contributed by atoms with Crippen LogP contribution in [0, 0.1) is 6.92 Å². The van der Waals surface area contributed by atoms with Crippen molar-refractivity contribution in [3.8, 4) is 5.75 Å². The van der Waals surface area contributed by atoms with E-state index in [0.29, 0.717) is 18.6 Å². The highest BCUT2D eigenvalue weighted by atomic mass is 35.5. The number of methoxy groups -OCH3 is 1. The van der Waals surface area contributed by atoms with Crippen molar-refractivity contribution in [1.29, 1.82) is 0 Å². The summed E-state index contributed by atoms with van der Waals surface area (Å²) in [4.78, 5) is 29.0. The van der Waals surface area contributed by atoms with Crippen molar-refractivity contribution in [1.82, 2.24) is 10.2 Å². The molecule has 0 saturated heterocycles. The number of ether oxygens (including phenoxy) is 1. The molecule has 3 rings (SSSR count). The first-order valence-electron chi connectivity index (χ1n) is 14.1. The molecule has 8 nitrogen and oxygen atoms in total. The van der Waals surface area contributed by atoms with Gasteiger partial charge in [0.15, 0.2) is 0 Å². The summed E-state index contributed by atoms with van der Waals surface area (Å²) >= 11 is 6.39. The number of hydrogen-bond acceptors (Lipinski definition) is 5. The summed E-state index contributed by atoms with van der Waals surface area (Å²) in [6.45, 7) is 7.29. The number of aryl methyl sites for hydroxylation is 1. The Morgan fingerprint density at radius 2 is 1.64 bits per heavy atom. The lowest BCUT2D eigenvalue weighted by Gasteiger charge is -2.33. The first kappa shape index (κ1) is 32.9. The molecule has 10 heteroatoms. The number of sulfonamides is 1. The van der Waals surface area contributed by atoms with Crippen molar-refractivity contribution >= 4 is 39.1 Å². The van der Waals surface area contributed by atoms with E-state index in [-0.39, 0.29) is 34.1 Å². The van der Waals surface area contributed by atoms with Crippen molar-refractivity contribution < 1.29 is 22.7 Å². The SMILES string of the molecule is CC[C@H](C)NC(=O)[C@H](CC)N(CCc1ccccc1)C(=O)CN(c1ccc(OC)c(Cl)c1)S(=O)(=O)c1ccc(C)cc1. The molecule has 0 aliphatic rings. The summed E-state index contributed by atoms with van der Waals surface area (Å²) in [5.41, 5.74) is 2.10. The van der Waals surface area contributed by atoms with Gasteiger partial charge in [-0.15, -0.1) is 0 Å². The van der Waals surface area contributed by atoms with Gasteiger partial charge in [-0.05, 0) is 69.0 Å². The van der Waals surface area contributed by atoms with E-state index in [1.807, 2.05) is 58.0 Å². The molecule has 0 saturated carbocycles. The van der Waals surface area contributed by atoms with Crippen LogP contribution < -0.4 is 14.4 Å². The molecule has 0 unspecified atom stereocenters. The molecule has 0 heterocycles. The van der Waals surface area contributed by atoms with E-state index >= 15 is 0 Å². The lowest BCUT2D eigenvalue weighted by Crippen LogP contribution is -2.54. The van der Waals surface area contributed by atoms with Gasteiger partial charge in [0.2, 0.25) is 11.8 Å². The van der Waals surface area contributed by atoms with Crippen LogP contribution in [0.25, 0.3) is 0 Å². The van der Waals surface area contributed by atoms with E-state index in [2.05, 4.69) is 5.32 Å². The monoisotopic (exact) mass is 613 g/mol. The number of hydrogen-bond donors (Lipinski definition) is 1. The standard InChI is InChI=1S/C32H40ClN3O5S/c1-6-24(4)34-32(38)29(7-2)35(20-19-25-11-9-8-10-12-25)31(37)22-36(26-15-18-30(41-5)28(33)21-26)42(39,40)27-16-13-23(3)14-17-27/h8-18,21,24,29H,6-7,19-20,22H2,1-5H3,(H,34,38)/t24-,29-/m0/s1. The average molecular weight is 614 g/mol. The molecule has 2 amide bonds. The Kier molecular flexibility index (Phi) is 11.8. The smallest absolute Gasteiger partial charge is 0.264 e. The van der Waals surface area contributed by atoms with E-state index in [0.717, 1.165) is 21.9 Å². The van der Waals surface area contributed by atoms with Crippen LogP contribution in [0.3, 0.4) is 0 Å². The summed E-state index contributed by atoms with van der Waals surface area (Å²) in [5.74, 6) is -0.398. The van der Waals surface area contributed by atoms with Crippen LogP contribution in [0.15, 0.2) is 77.7 Å². The molecule has 0 aliphatic carbocycles. The molecule has 0 spiro atoms. The van der Waals surface area contributed by atoms with Gasteiger partial charge in [0.25, 0.3) is 10.0 Å². The Labute approximate surface area is 254 Å². The van der Waals surface area contributed by atoms with Crippen molar-refractivity contribution in [2.24, 2.45) is 0 Å². The van der Waals surface area contributed by atoms with E-state index in [9.17, 15) is 18.0 Å². The quantitative estimate of drug-likeness (QED) is 0.255. The van der Waals surface area contributed by atoms with E-state index in [1.165, 1.54) is 30.2 Å². The fourth-order valence-corrected chi connectivity index (χ4v) is 6.17. The normalized spacial score (nSPS) is 12.7. The van der Waals surface area contributed by atoms with Gasteiger partial charge in [-0.2, -0.15) is 0 Å². The molecule has 226 valence electrons. The van der Waals surface area contributed by atoms with Gasteiger partial charge in [0.05, 0.1) is 22.7 Å². The predicted molar refractivity (Wildman–Crippen MR) is 168 cm³/mol. The minimum atomic E-state index is -4.19. The van der Waals surface area contributed by atoms with Crippen molar-refractivity contribution in [3.05, 3.63) is 88.9 Å². The van der Waals surface area contributed by atoms with Crippen LogP contribution in [-0.2, 0) is 26.0 Å². The zero-order chi connectivity index (χ0) is 30.9. The fraction of sp³-hybridized carbons (Fsp3) is 0.375. The van der Waals surface area contributed by atoms with E-state index in [4.69, 9.17) is 16.3 Å². The molecule has 0 fully saturated rings. The van der Waals surface area contributed by atoms with Crippen LogP contribution >= 0.6 is 11.6 Å². The second-order valence-electron chi connectivity index (χ2n) is 10.2. The fourth-order valence-electron chi connectivity index (χ4n) is 4.51. The summed E-state index contributed by atoms with van der Waals surface area (Å²) in [6, 6.07) is 19.8. The molecule has 3 aromatic rings. The Morgan fingerprint density at radius 1 is 0.976 bits per heavy atom. The topological polar surface area (TPSA) is 96.0 Å². The molecule has 1 N–H and O–H groups in total. The number of carbonyl (C=O) groups is 2. The van der Waals surface area contributed by atoms with Gasteiger partial charge >= 0.3 is 0 Å². The predicted octanol–water partition coefficient (Wildman–Crippen LogP) is 5.62. The molecule has 42 heavy (non-hydrogen) atoms.